The van der Waals surface area contributed by atoms with Crippen LogP contribution in [0, 0.1) is 17.1 Å². The van der Waals surface area contributed by atoms with E-state index in [1.54, 1.807) is 37.3 Å². The standard InChI is InChI=1S/C26H28FN5O4.C6H5Cl/c1-25(34,20-12-30-32(3)13-20)19-8-18(15-33)23(22(27)9-19)24(36-16-26(35)6-7-26)31(2)14-21-5-4-17(10-28)11-29-21;7-6-4-2-1-3-5-6/h4-5,8-9,11-13,15,24,34-35H,6-7,14,16H2,1-3H3;1-5H/t24-,25?;/m1./s1. The summed E-state index contributed by atoms with van der Waals surface area (Å²) in [5.74, 6) is -0.730. The summed E-state index contributed by atoms with van der Waals surface area (Å²) >= 11 is 5.54. The van der Waals surface area contributed by atoms with Crippen LogP contribution in [0.4, 0.5) is 4.39 Å². The van der Waals surface area contributed by atoms with E-state index < -0.39 is 23.2 Å². The lowest BCUT2D eigenvalue weighted by molar-refractivity contribution is -0.0928. The number of rotatable bonds is 10. The lowest BCUT2D eigenvalue weighted by atomic mass is 9.87. The Kier molecular flexibility index (Phi) is 10.1. The molecule has 1 unspecified atom stereocenters. The third-order valence-electron chi connectivity index (χ3n) is 7.20. The molecule has 2 heterocycles. The van der Waals surface area contributed by atoms with Crippen molar-refractivity contribution in [1.29, 1.82) is 5.26 Å². The monoisotopic (exact) mass is 605 g/mol. The SMILES string of the molecule is CN(Cc1ccc(C#N)cn1)[C@H](OCC1(O)CC1)c1c(F)cc(C(C)(O)c2cnn(C)c2)cc1C=O.Clc1ccccc1. The molecule has 4 aromatic rings. The molecule has 43 heavy (non-hydrogen) atoms. The number of nitrogens with zero attached hydrogens (tertiary/aromatic N) is 5. The molecule has 11 heteroatoms. The molecule has 0 saturated heterocycles. The smallest absolute Gasteiger partial charge is 0.150 e. The maximum atomic E-state index is 15.7. The molecule has 1 fully saturated rings. The van der Waals surface area contributed by atoms with Gasteiger partial charge in [-0.15, -0.1) is 0 Å². The second-order valence-electron chi connectivity index (χ2n) is 10.8. The number of benzene rings is 2. The highest BCUT2D eigenvalue weighted by molar-refractivity contribution is 6.30. The van der Waals surface area contributed by atoms with Crippen LogP contribution in [0.3, 0.4) is 0 Å². The van der Waals surface area contributed by atoms with Gasteiger partial charge in [-0.05, 0) is 68.8 Å². The fourth-order valence-corrected chi connectivity index (χ4v) is 4.55. The zero-order valence-corrected chi connectivity index (χ0v) is 24.9. The number of aryl methyl sites for hydroxylation is 1. The van der Waals surface area contributed by atoms with Gasteiger partial charge >= 0.3 is 0 Å². The van der Waals surface area contributed by atoms with Crippen LogP contribution in [0.1, 0.15) is 64.3 Å². The van der Waals surface area contributed by atoms with Gasteiger partial charge < -0.3 is 14.9 Å². The minimum atomic E-state index is -1.59. The molecular weight excluding hydrogens is 573 g/mol. The Morgan fingerprint density at radius 1 is 1.23 bits per heavy atom. The van der Waals surface area contributed by atoms with Crippen molar-refractivity contribution in [3.63, 3.8) is 0 Å². The van der Waals surface area contributed by atoms with E-state index in [0.29, 0.717) is 35.9 Å². The zero-order chi connectivity index (χ0) is 31.2. The average Bonchev–Trinajstić information content (AvgIpc) is 3.56. The predicted molar refractivity (Wildman–Crippen MR) is 158 cm³/mol. The molecule has 9 nitrogen and oxygen atoms in total. The van der Waals surface area contributed by atoms with Gasteiger partial charge in [0.05, 0.1) is 29.7 Å². The molecule has 0 amide bonds. The van der Waals surface area contributed by atoms with Gasteiger partial charge in [0.1, 0.15) is 23.7 Å². The Bertz CT molecular complexity index is 1580. The fraction of sp³-hybridized carbons (Fsp3) is 0.312. The van der Waals surface area contributed by atoms with Crippen molar-refractivity contribution in [1.82, 2.24) is 19.7 Å². The number of aldehydes is 1. The van der Waals surface area contributed by atoms with E-state index in [9.17, 15) is 15.0 Å². The molecule has 2 N–H and O–H groups in total. The molecule has 0 radical (unpaired) electrons. The van der Waals surface area contributed by atoms with Crippen molar-refractivity contribution in [3.05, 3.63) is 118 Å². The molecule has 0 bridgehead atoms. The van der Waals surface area contributed by atoms with Gasteiger partial charge in [0.25, 0.3) is 0 Å². The summed E-state index contributed by atoms with van der Waals surface area (Å²) in [5.41, 5.74) is -0.888. The number of nitriles is 1. The largest absolute Gasteiger partial charge is 0.387 e. The first-order chi connectivity index (χ1) is 20.5. The second-order valence-corrected chi connectivity index (χ2v) is 11.2. The molecule has 2 aromatic carbocycles. The number of aromatic nitrogens is 3. The highest BCUT2D eigenvalue weighted by atomic mass is 35.5. The number of hydrogen-bond acceptors (Lipinski definition) is 8. The van der Waals surface area contributed by atoms with Crippen molar-refractivity contribution in [2.45, 2.75) is 43.7 Å². The Hall–Kier alpha value is -3.98. The van der Waals surface area contributed by atoms with E-state index in [0.717, 1.165) is 5.02 Å². The lowest BCUT2D eigenvalue weighted by Gasteiger charge is -2.31. The van der Waals surface area contributed by atoms with E-state index in [4.69, 9.17) is 21.6 Å². The minimum Gasteiger partial charge on any atom is -0.387 e. The Morgan fingerprint density at radius 2 is 1.95 bits per heavy atom. The summed E-state index contributed by atoms with van der Waals surface area (Å²) in [5, 5.41) is 35.4. The number of ether oxygens (including phenoxy) is 1. The van der Waals surface area contributed by atoms with Crippen LogP contribution in [0.5, 0.6) is 0 Å². The van der Waals surface area contributed by atoms with Crippen LogP contribution in [0.25, 0.3) is 0 Å². The summed E-state index contributed by atoms with van der Waals surface area (Å²) in [7, 11) is 3.39. The molecule has 1 aliphatic carbocycles. The average molecular weight is 606 g/mol. The van der Waals surface area contributed by atoms with Crippen LogP contribution in [-0.2, 0) is 23.9 Å². The highest BCUT2D eigenvalue weighted by Crippen LogP contribution is 2.39. The first kappa shape index (κ1) is 31.9. The number of carbonyl (C=O) groups excluding carboxylic acids is 1. The zero-order valence-electron chi connectivity index (χ0n) is 24.1. The molecule has 224 valence electrons. The van der Waals surface area contributed by atoms with Gasteiger partial charge in [0.2, 0.25) is 0 Å². The number of hydrogen-bond donors (Lipinski definition) is 2. The van der Waals surface area contributed by atoms with E-state index in [1.807, 2.05) is 36.4 Å². The summed E-state index contributed by atoms with van der Waals surface area (Å²) in [6.07, 6.45) is 5.20. The van der Waals surface area contributed by atoms with Crippen molar-refractivity contribution in [2.75, 3.05) is 13.7 Å². The van der Waals surface area contributed by atoms with Crippen molar-refractivity contribution in [2.24, 2.45) is 7.05 Å². The molecular formula is C32H33ClFN5O4. The Balaban J connectivity index is 0.000000530. The van der Waals surface area contributed by atoms with Gasteiger partial charge in [0, 0.05) is 47.7 Å². The number of halogens is 2. The molecule has 0 spiro atoms. The molecule has 5 rings (SSSR count). The third-order valence-corrected chi connectivity index (χ3v) is 7.45. The first-order valence-electron chi connectivity index (χ1n) is 13.6. The van der Waals surface area contributed by atoms with Gasteiger partial charge in [-0.25, -0.2) is 4.39 Å². The number of pyridine rings is 1. The van der Waals surface area contributed by atoms with Crippen LogP contribution in [0.2, 0.25) is 5.02 Å². The third kappa shape index (κ3) is 8.10. The number of carbonyl (C=O) groups is 1. The summed E-state index contributed by atoms with van der Waals surface area (Å²) < 4.78 is 23.2. The number of aliphatic hydroxyl groups is 2. The van der Waals surface area contributed by atoms with Crippen LogP contribution in [-0.4, -0.2) is 55.4 Å². The highest BCUT2D eigenvalue weighted by Gasteiger charge is 2.42. The van der Waals surface area contributed by atoms with Gasteiger partial charge in [-0.1, -0.05) is 29.8 Å². The van der Waals surface area contributed by atoms with Crippen LogP contribution >= 0.6 is 11.6 Å². The quantitative estimate of drug-likeness (QED) is 0.193. The maximum Gasteiger partial charge on any atom is 0.150 e. The van der Waals surface area contributed by atoms with Crippen molar-refractivity contribution >= 4 is 17.9 Å². The topological polar surface area (TPSA) is 124 Å². The Morgan fingerprint density at radius 3 is 2.47 bits per heavy atom. The van der Waals surface area contributed by atoms with E-state index in [2.05, 4.69) is 10.1 Å². The van der Waals surface area contributed by atoms with Crippen LogP contribution < -0.4 is 0 Å². The van der Waals surface area contributed by atoms with Crippen molar-refractivity contribution in [3.8, 4) is 6.07 Å². The van der Waals surface area contributed by atoms with E-state index in [1.165, 1.54) is 36.1 Å². The second kappa shape index (κ2) is 13.5. The molecule has 1 aliphatic rings. The van der Waals surface area contributed by atoms with Gasteiger partial charge in [-0.3, -0.25) is 19.4 Å². The normalized spacial score (nSPS) is 15.5. The summed E-state index contributed by atoms with van der Waals surface area (Å²) in [6, 6.07) is 17.4. The summed E-state index contributed by atoms with van der Waals surface area (Å²) in [4.78, 5) is 18.1. The van der Waals surface area contributed by atoms with Crippen LogP contribution in [0.15, 0.2) is 73.2 Å². The Labute approximate surface area is 254 Å². The first-order valence-corrected chi connectivity index (χ1v) is 13.9. The van der Waals surface area contributed by atoms with Crippen molar-refractivity contribution < 1.29 is 24.1 Å². The molecule has 2 atom stereocenters. The maximum absolute atomic E-state index is 15.7. The fourth-order valence-electron chi connectivity index (χ4n) is 4.41. The van der Waals surface area contributed by atoms with Gasteiger partial charge in [-0.2, -0.15) is 10.4 Å². The molecule has 2 aromatic heterocycles. The van der Waals surface area contributed by atoms with E-state index >= 15 is 4.39 Å². The van der Waals surface area contributed by atoms with Gasteiger partial charge in [0.15, 0.2) is 6.29 Å². The predicted octanol–water partition coefficient (Wildman–Crippen LogP) is 4.91. The molecule has 1 saturated carbocycles. The van der Waals surface area contributed by atoms with E-state index in [-0.39, 0.29) is 29.8 Å². The molecule has 0 aliphatic heterocycles. The summed E-state index contributed by atoms with van der Waals surface area (Å²) in [6.45, 7) is 1.70. The lowest BCUT2D eigenvalue weighted by Crippen LogP contribution is -2.32. The minimum absolute atomic E-state index is 0.00358.